The Bertz CT molecular complexity index is 1320. The average molecular weight is 464 g/mol. The normalized spacial score (nSPS) is 12.0. The van der Waals surface area contributed by atoms with E-state index in [9.17, 15) is 23.4 Å². The molecule has 0 radical (unpaired) electrons. The van der Waals surface area contributed by atoms with E-state index >= 15 is 0 Å². The van der Waals surface area contributed by atoms with Gasteiger partial charge in [0.25, 0.3) is 15.7 Å². The van der Waals surface area contributed by atoms with Crippen molar-refractivity contribution in [3.63, 3.8) is 0 Å². The summed E-state index contributed by atoms with van der Waals surface area (Å²) in [7, 11) is -1.50. The van der Waals surface area contributed by atoms with Crippen LogP contribution in [0.25, 0.3) is 5.69 Å². The summed E-state index contributed by atoms with van der Waals surface area (Å²) in [6.07, 6.45) is -2.08. The van der Waals surface area contributed by atoms with Gasteiger partial charge in [-0.05, 0) is 42.8 Å². The van der Waals surface area contributed by atoms with E-state index in [-0.39, 0.29) is 27.7 Å². The Morgan fingerprint density at radius 2 is 1.66 bits per heavy atom. The first-order valence-electron chi connectivity index (χ1n) is 9.00. The van der Waals surface area contributed by atoms with Gasteiger partial charge < -0.3 is 19.7 Å². The molecule has 0 bridgehead atoms. The van der Waals surface area contributed by atoms with Gasteiger partial charge in [-0.2, -0.15) is 8.42 Å². The molecule has 3 aromatic rings. The lowest BCUT2D eigenvalue weighted by atomic mass is 10.2. The molecule has 0 unspecified atom stereocenters. The van der Waals surface area contributed by atoms with Crippen LogP contribution in [0.15, 0.2) is 56.3 Å². The maximum absolute atomic E-state index is 12.9. The van der Waals surface area contributed by atoms with Crippen molar-refractivity contribution >= 4 is 21.5 Å². The predicted molar refractivity (Wildman–Crippen MR) is 112 cm³/mol. The molecule has 1 heterocycles. The number of azo groups is 1. The minimum Gasteiger partial charge on any atom is -0.496 e. The van der Waals surface area contributed by atoms with Crippen LogP contribution in [0.4, 0.5) is 11.4 Å². The highest BCUT2D eigenvalue weighted by atomic mass is 32.2. The molecule has 12 nitrogen and oxygen atoms in total. The van der Waals surface area contributed by atoms with Crippen LogP contribution in [0, 0.1) is 6.92 Å². The molecule has 0 atom stereocenters. The lowest BCUT2D eigenvalue weighted by Gasteiger charge is -2.09. The van der Waals surface area contributed by atoms with E-state index in [2.05, 4.69) is 15.3 Å². The SMILES string of the molecule is COc1cc(N=Nc2c(C(O)O)[nH]n(-c3ccc(S(=O)(=O)O)cc3)c2=O)c(OC)cc1C. The number of methoxy groups -OCH3 is 2. The van der Waals surface area contributed by atoms with Gasteiger partial charge in [0, 0.05) is 6.07 Å². The van der Waals surface area contributed by atoms with Gasteiger partial charge in [0.15, 0.2) is 12.0 Å². The van der Waals surface area contributed by atoms with Gasteiger partial charge in [-0.25, -0.2) is 4.68 Å². The molecule has 0 amide bonds. The third-order valence-electron chi connectivity index (χ3n) is 4.50. The van der Waals surface area contributed by atoms with E-state index in [1.54, 1.807) is 19.1 Å². The van der Waals surface area contributed by atoms with E-state index in [0.29, 0.717) is 11.5 Å². The fourth-order valence-electron chi connectivity index (χ4n) is 2.89. The Morgan fingerprint density at radius 1 is 1.03 bits per heavy atom. The molecule has 0 spiro atoms. The molecule has 0 saturated carbocycles. The number of hydrogen-bond donors (Lipinski definition) is 4. The second kappa shape index (κ2) is 8.92. The number of aryl methyl sites for hydroxylation is 1. The number of H-pyrrole nitrogens is 1. The minimum atomic E-state index is -4.42. The average Bonchev–Trinajstić information content (AvgIpc) is 3.08. The van der Waals surface area contributed by atoms with Crippen LogP contribution in [-0.4, -0.2) is 47.2 Å². The zero-order valence-corrected chi connectivity index (χ0v) is 18.0. The van der Waals surface area contributed by atoms with Crippen molar-refractivity contribution in [1.29, 1.82) is 0 Å². The first kappa shape index (κ1) is 23.1. The summed E-state index contributed by atoms with van der Waals surface area (Å²) in [6, 6.07) is 7.86. The number of ether oxygens (including phenoxy) is 2. The maximum atomic E-state index is 12.9. The van der Waals surface area contributed by atoms with Gasteiger partial charge >= 0.3 is 0 Å². The van der Waals surface area contributed by atoms with Gasteiger partial charge in [0.05, 0.1) is 24.8 Å². The Labute approximate surface area is 182 Å². The molecule has 0 aliphatic carbocycles. The smallest absolute Gasteiger partial charge is 0.299 e. The van der Waals surface area contributed by atoms with E-state index in [1.165, 1.54) is 26.4 Å². The highest BCUT2D eigenvalue weighted by Crippen LogP contribution is 2.35. The monoisotopic (exact) mass is 464 g/mol. The molecule has 0 fully saturated rings. The van der Waals surface area contributed by atoms with Gasteiger partial charge in [-0.3, -0.25) is 14.4 Å². The summed E-state index contributed by atoms with van der Waals surface area (Å²) in [6.45, 7) is 1.81. The van der Waals surface area contributed by atoms with Crippen molar-refractivity contribution in [2.75, 3.05) is 14.2 Å². The maximum Gasteiger partial charge on any atom is 0.299 e. The second-order valence-corrected chi connectivity index (χ2v) is 7.97. The number of aromatic amines is 1. The van der Waals surface area contributed by atoms with Crippen molar-refractivity contribution in [2.24, 2.45) is 10.2 Å². The summed E-state index contributed by atoms with van der Waals surface area (Å²) in [5.74, 6) is 0.863. The van der Waals surface area contributed by atoms with E-state index in [1.807, 2.05) is 0 Å². The molecule has 4 N–H and O–H groups in total. The molecule has 32 heavy (non-hydrogen) atoms. The quantitative estimate of drug-likeness (QED) is 0.233. The number of hydrogen-bond acceptors (Lipinski definition) is 9. The standard InChI is InChI=1S/C19H20N4O8S/c1-10-8-15(31-3)13(9-14(10)30-2)20-21-16-17(19(25)26)22-23(18(16)24)11-4-6-12(7-5-11)32(27,28)29/h4-9,19,22,25-26H,1-3H3,(H,27,28,29). The Balaban J connectivity index is 2.09. The predicted octanol–water partition coefficient (Wildman–Crippen LogP) is 2.14. The van der Waals surface area contributed by atoms with E-state index in [4.69, 9.17) is 14.0 Å². The van der Waals surface area contributed by atoms with Crippen molar-refractivity contribution in [3.8, 4) is 17.2 Å². The van der Waals surface area contributed by atoms with E-state index in [0.717, 1.165) is 22.4 Å². The Morgan fingerprint density at radius 3 is 2.19 bits per heavy atom. The summed E-state index contributed by atoms with van der Waals surface area (Å²) in [5.41, 5.74) is -0.337. The van der Waals surface area contributed by atoms with Crippen LogP contribution < -0.4 is 15.0 Å². The van der Waals surface area contributed by atoms with Crippen LogP contribution in [0.2, 0.25) is 0 Å². The number of nitrogens with one attached hydrogen (secondary N) is 1. The van der Waals surface area contributed by atoms with Crippen LogP contribution in [0.3, 0.4) is 0 Å². The summed E-state index contributed by atoms with van der Waals surface area (Å²) < 4.78 is 42.9. The largest absolute Gasteiger partial charge is 0.496 e. The zero-order chi connectivity index (χ0) is 23.6. The first-order chi connectivity index (χ1) is 15.1. The third-order valence-corrected chi connectivity index (χ3v) is 5.37. The molecular formula is C19H20N4O8S. The van der Waals surface area contributed by atoms with Crippen molar-refractivity contribution < 1.29 is 32.7 Å². The fraction of sp³-hybridized carbons (Fsp3) is 0.211. The Hall–Kier alpha value is -3.52. The molecule has 0 aliphatic rings. The Kier molecular flexibility index (Phi) is 6.45. The highest BCUT2D eigenvalue weighted by Gasteiger charge is 2.21. The molecule has 0 aliphatic heterocycles. The fourth-order valence-corrected chi connectivity index (χ4v) is 3.37. The van der Waals surface area contributed by atoms with Gasteiger partial charge in [-0.1, -0.05) is 0 Å². The van der Waals surface area contributed by atoms with Gasteiger partial charge in [-0.15, -0.1) is 10.2 Å². The number of aliphatic hydroxyl groups excluding tert-OH is 1. The third kappa shape index (κ3) is 4.55. The zero-order valence-electron chi connectivity index (χ0n) is 17.2. The number of aromatic nitrogens is 2. The second-order valence-electron chi connectivity index (χ2n) is 6.55. The van der Waals surface area contributed by atoms with Crippen molar-refractivity contribution in [2.45, 2.75) is 18.1 Å². The number of benzene rings is 2. The van der Waals surface area contributed by atoms with Crippen LogP contribution in [0.1, 0.15) is 17.5 Å². The van der Waals surface area contributed by atoms with Crippen molar-refractivity contribution in [3.05, 3.63) is 58.0 Å². The topological polar surface area (TPSA) is 176 Å². The molecule has 3 rings (SSSR count). The molecule has 2 aromatic carbocycles. The molecular weight excluding hydrogens is 444 g/mol. The number of aliphatic hydroxyl groups is 2. The lowest BCUT2D eigenvalue weighted by molar-refractivity contribution is -0.0455. The molecule has 13 heteroatoms. The summed E-state index contributed by atoms with van der Waals surface area (Å²) >= 11 is 0. The molecule has 1 aromatic heterocycles. The summed E-state index contributed by atoms with van der Waals surface area (Å²) in [5, 5.41) is 29.7. The lowest BCUT2D eigenvalue weighted by Crippen LogP contribution is -2.14. The van der Waals surface area contributed by atoms with Gasteiger partial charge in [0.2, 0.25) is 0 Å². The molecule has 170 valence electrons. The summed E-state index contributed by atoms with van der Waals surface area (Å²) in [4.78, 5) is 12.5. The number of nitrogens with zero attached hydrogens (tertiary/aromatic N) is 3. The first-order valence-corrected chi connectivity index (χ1v) is 10.4. The molecule has 0 saturated heterocycles. The van der Waals surface area contributed by atoms with Crippen molar-refractivity contribution in [1.82, 2.24) is 9.78 Å². The highest BCUT2D eigenvalue weighted by molar-refractivity contribution is 7.85. The van der Waals surface area contributed by atoms with Crippen LogP contribution in [-0.2, 0) is 10.1 Å². The van der Waals surface area contributed by atoms with Gasteiger partial charge in [0.1, 0.15) is 22.9 Å². The number of rotatable bonds is 7. The van der Waals surface area contributed by atoms with Crippen LogP contribution in [0.5, 0.6) is 11.5 Å². The minimum absolute atomic E-state index is 0.153. The van der Waals surface area contributed by atoms with E-state index < -0.39 is 22.0 Å². The van der Waals surface area contributed by atoms with Crippen LogP contribution >= 0.6 is 0 Å².